The van der Waals surface area contributed by atoms with E-state index in [4.69, 9.17) is 0 Å². The fourth-order valence-corrected chi connectivity index (χ4v) is 7.44. The predicted octanol–water partition coefficient (Wildman–Crippen LogP) is 5.30. The van der Waals surface area contributed by atoms with E-state index in [-0.39, 0.29) is 23.7 Å². The van der Waals surface area contributed by atoms with Gasteiger partial charge in [-0.3, -0.25) is 9.89 Å². The molecule has 0 unspecified atom stereocenters. The number of benzene rings is 2. The summed E-state index contributed by atoms with van der Waals surface area (Å²) in [6.45, 7) is 8.67. The van der Waals surface area contributed by atoms with Gasteiger partial charge in [0.2, 0.25) is 5.91 Å². The highest BCUT2D eigenvalue weighted by molar-refractivity contribution is 5.88. The number of piperidine rings is 3. The molecule has 0 spiro atoms. The number of hydrogen-bond donors (Lipinski definition) is 2. The van der Waals surface area contributed by atoms with Gasteiger partial charge in [-0.1, -0.05) is 30.7 Å². The number of rotatable bonds is 6. The number of nitrogens with one attached hydrogen (secondary N) is 2. The molecular formula is C34H45FN6O2. The second kappa shape index (κ2) is 13.0. The molecule has 1 aromatic heterocycles. The monoisotopic (exact) mass is 588 g/mol. The van der Waals surface area contributed by atoms with Crippen molar-refractivity contribution in [2.75, 3.05) is 39.3 Å². The average molecular weight is 589 g/mol. The number of urea groups is 1. The number of likely N-dealkylation sites (tertiary alicyclic amines) is 3. The molecule has 0 aliphatic carbocycles. The van der Waals surface area contributed by atoms with Crippen LogP contribution in [0.3, 0.4) is 0 Å². The maximum absolute atomic E-state index is 14.8. The molecule has 2 aromatic carbocycles. The molecule has 0 radical (unpaired) electrons. The summed E-state index contributed by atoms with van der Waals surface area (Å²) < 4.78 is 14.8. The minimum absolute atomic E-state index is 0.00731. The van der Waals surface area contributed by atoms with Crippen molar-refractivity contribution >= 4 is 22.8 Å². The van der Waals surface area contributed by atoms with Crippen LogP contribution in [0.15, 0.2) is 36.5 Å². The van der Waals surface area contributed by atoms with Crippen LogP contribution in [0.5, 0.6) is 0 Å². The quantitative estimate of drug-likeness (QED) is 0.410. The number of hydrogen-bond acceptors (Lipinski definition) is 4. The molecule has 9 heteroatoms. The molecule has 3 aliphatic heterocycles. The lowest BCUT2D eigenvalue weighted by Crippen LogP contribution is -2.56. The number of fused-ring (bicyclic) bond motifs is 1. The van der Waals surface area contributed by atoms with Crippen molar-refractivity contribution in [1.82, 2.24) is 30.2 Å². The van der Waals surface area contributed by atoms with E-state index in [0.29, 0.717) is 44.0 Å². The Kier molecular flexibility index (Phi) is 8.98. The van der Waals surface area contributed by atoms with Gasteiger partial charge in [-0.2, -0.15) is 5.10 Å². The molecule has 3 aromatic rings. The highest BCUT2D eigenvalue weighted by Crippen LogP contribution is 2.31. The Bertz CT molecular complexity index is 1430. The van der Waals surface area contributed by atoms with Crippen LogP contribution in [0.25, 0.3) is 10.9 Å². The van der Waals surface area contributed by atoms with Gasteiger partial charge in [0, 0.05) is 44.0 Å². The first-order valence-electron chi connectivity index (χ1n) is 16.1. The van der Waals surface area contributed by atoms with Gasteiger partial charge in [0.25, 0.3) is 0 Å². The molecule has 43 heavy (non-hydrogen) atoms. The fourth-order valence-electron chi connectivity index (χ4n) is 7.44. The lowest BCUT2D eigenvalue weighted by atomic mass is 9.88. The number of aromatic nitrogens is 2. The Morgan fingerprint density at radius 1 is 0.953 bits per heavy atom. The minimum atomic E-state index is -0.658. The lowest BCUT2D eigenvalue weighted by Gasteiger charge is -2.41. The Labute approximate surface area is 254 Å². The molecule has 8 nitrogen and oxygen atoms in total. The smallest absolute Gasteiger partial charge is 0.318 e. The van der Waals surface area contributed by atoms with Gasteiger partial charge < -0.3 is 20.0 Å². The van der Waals surface area contributed by atoms with Crippen LogP contribution in [0.2, 0.25) is 0 Å². The second-order valence-corrected chi connectivity index (χ2v) is 12.8. The van der Waals surface area contributed by atoms with Crippen LogP contribution < -0.4 is 5.32 Å². The number of amides is 3. The van der Waals surface area contributed by atoms with Crippen molar-refractivity contribution in [2.45, 2.75) is 83.2 Å². The van der Waals surface area contributed by atoms with E-state index < -0.39 is 6.04 Å². The zero-order valence-corrected chi connectivity index (χ0v) is 25.6. The molecule has 1 atom stereocenters. The largest absolute Gasteiger partial charge is 0.341 e. The number of aromatic amines is 1. The van der Waals surface area contributed by atoms with Gasteiger partial charge in [-0.05, 0) is 99.7 Å². The summed E-state index contributed by atoms with van der Waals surface area (Å²) in [6.07, 6.45) is 9.44. The zero-order valence-electron chi connectivity index (χ0n) is 25.6. The molecule has 0 saturated carbocycles. The third-order valence-electron chi connectivity index (χ3n) is 9.97. The van der Waals surface area contributed by atoms with Crippen LogP contribution >= 0.6 is 0 Å². The van der Waals surface area contributed by atoms with Crippen molar-refractivity contribution < 1.29 is 14.0 Å². The van der Waals surface area contributed by atoms with Crippen LogP contribution in [0.4, 0.5) is 9.18 Å². The van der Waals surface area contributed by atoms with Crippen molar-refractivity contribution in [3.63, 3.8) is 0 Å². The molecule has 3 aliphatic rings. The lowest BCUT2D eigenvalue weighted by molar-refractivity contribution is -0.134. The number of H-pyrrole nitrogens is 1. The molecule has 4 heterocycles. The summed E-state index contributed by atoms with van der Waals surface area (Å²) in [5.74, 6) is -0.0515. The maximum Gasteiger partial charge on any atom is 0.318 e. The van der Waals surface area contributed by atoms with Crippen molar-refractivity contribution in [3.05, 3.63) is 64.6 Å². The van der Waals surface area contributed by atoms with Gasteiger partial charge in [-0.25, -0.2) is 9.18 Å². The number of carbonyl (C=O) groups is 2. The number of halogens is 1. The summed E-state index contributed by atoms with van der Waals surface area (Å²) in [4.78, 5) is 34.0. The summed E-state index contributed by atoms with van der Waals surface area (Å²) >= 11 is 0. The average Bonchev–Trinajstić information content (AvgIpc) is 3.52. The first-order valence-corrected chi connectivity index (χ1v) is 16.1. The van der Waals surface area contributed by atoms with Crippen LogP contribution in [-0.2, 0) is 11.2 Å². The third kappa shape index (κ3) is 6.56. The normalized spacial score (nSPS) is 20.0. The minimum Gasteiger partial charge on any atom is -0.341 e. The highest BCUT2D eigenvalue weighted by atomic mass is 19.1. The van der Waals surface area contributed by atoms with Crippen molar-refractivity contribution in [1.29, 1.82) is 0 Å². The van der Waals surface area contributed by atoms with Gasteiger partial charge in [0.1, 0.15) is 11.9 Å². The third-order valence-corrected chi connectivity index (χ3v) is 9.97. The van der Waals surface area contributed by atoms with Crippen molar-refractivity contribution in [3.8, 4) is 0 Å². The summed E-state index contributed by atoms with van der Waals surface area (Å²) in [6, 6.07) is 9.37. The first-order chi connectivity index (χ1) is 20.9. The van der Waals surface area contributed by atoms with Crippen LogP contribution in [-0.4, -0.2) is 88.2 Å². The Morgan fingerprint density at radius 2 is 1.67 bits per heavy atom. The standard InChI is InChI=1S/C34H45FN6O2/c1-23-7-6-8-29(31(23)35)26-9-15-41(16-10-26)34(43)37-30(21-25-19-24(2)32-27(20-25)22-36-38-32)33(42)40-17-11-28(12-18-40)39-13-4-3-5-14-39/h6-8,19-20,22,26,28,30H,3-5,9-18,21H2,1-2H3,(H,36,38)(H,37,43)/t30-/m1/s1. The van der Waals surface area contributed by atoms with Crippen molar-refractivity contribution in [2.24, 2.45) is 0 Å². The molecule has 3 fully saturated rings. The first kappa shape index (κ1) is 29.6. The Morgan fingerprint density at radius 3 is 2.42 bits per heavy atom. The Hall–Kier alpha value is -3.46. The summed E-state index contributed by atoms with van der Waals surface area (Å²) in [5, 5.41) is 11.4. The van der Waals surface area contributed by atoms with Gasteiger partial charge in [-0.15, -0.1) is 0 Å². The van der Waals surface area contributed by atoms with E-state index >= 15 is 0 Å². The van der Waals surface area contributed by atoms with E-state index in [2.05, 4.69) is 32.5 Å². The summed E-state index contributed by atoms with van der Waals surface area (Å²) in [5.41, 5.74) is 4.45. The van der Waals surface area contributed by atoms with Crippen LogP contribution in [0, 0.1) is 19.7 Å². The SMILES string of the molecule is Cc1cccc(C2CCN(C(=O)N[C@H](Cc3cc(C)c4[nH]ncc4c3)C(=O)N3CCC(N4CCCCC4)CC3)CC2)c1F. The van der Waals surface area contributed by atoms with E-state index in [0.717, 1.165) is 53.5 Å². The van der Waals surface area contributed by atoms with E-state index in [9.17, 15) is 14.0 Å². The maximum atomic E-state index is 14.8. The van der Waals surface area contributed by atoms with Gasteiger partial charge in [0.05, 0.1) is 11.7 Å². The van der Waals surface area contributed by atoms with Crippen LogP contribution in [0.1, 0.15) is 73.1 Å². The summed E-state index contributed by atoms with van der Waals surface area (Å²) in [7, 11) is 0. The van der Waals surface area contributed by atoms with Gasteiger partial charge in [0.15, 0.2) is 0 Å². The molecule has 230 valence electrons. The Balaban J connectivity index is 1.13. The molecular weight excluding hydrogens is 543 g/mol. The van der Waals surface area contributed by atoms with E-state index in [1.165, 1.54) is 32.4 Å². The molecule has 6 rings (SSSR count). The number of aryl methyl sites for hydroxylation is 2. The molecule has 0 bridgehead atoms. The predicted molar refractivity (Wildman–Crippen MR) is 167 cm³/mol. The number of carbonyl (C=O) groups excluding carboxylic acids is 2. The zero-order chi connectivity index (χ0) is 29.9. The molecule has 3 saturated heterocycles. The van der Waals surface area contributed by atoms with E-state index in [1.807, 2.05) is 24.0 Å². The molecule has 2 N–H and O–H groups in total. The second-order valence-electron chi connectivity index (χ2n) is 12.8. The van der Waals surface area contributed by atoms with Gasteiger partial charge >= 0.3 is 6.03 Å². The topological polar surface area (TPSA) is 84.6 Å². The molecule has 3 amide bonds. The fraction of sp³-hybridized carbons (Fsp3) is 0.559. The highest BCUT2D eigenvalue weighted by Gasteiger charge is 2.34. The number of nitrogens with zero attached hydrogens (tertiary/aromatic N) is 4. The van der Waals surface area contributed by atoms with E-state index in [1.54, 1.807) is 24.1 Å².